The van der Waals surface area contributed by atoms with Crippen LogP contribution in [0.2, 0.25) is 5.02 Å². The SMILES string of the molecule is O=C(c1cc(Cl)ccc1Br)N1CCC(C(F)(F)F)CC1. The van der Waals surface area contributed by atoms with Crippen molar-refractivity contribution >= 4 is 33.4 Å². The zero-order valence-electron chi connectivity index (χ0n) is 10.4. The van der Waals surface area contributed by atoms with Crippen LogP contribution in [0.1, 0.15) is 23.2 Å². The number of amides is 1. The van der Waals surface area contributed by atoms with Crippen LogP contribution >= 0.6 is 27.5 Å². The molecule has 0 saturated carbocycles. The highest BCUT2D eigenvalue weighted by Gasteiger charge is 2.41. The van der Waals surface area contributed by atoms with Gasteiger partial charge in [0.15, 0.2) is 0 Å². The first-order valence-electron chi connectivity index (χ1n) is 6.10. The van der Waals surface area contributed by atoms with Crippen LogP contribution in [-0.4, -0.2) is 30.1 Å². The van der Waals surface area contributed by atoms with E-state index in [0.717, 1.165) is 0 Å². The van der Waals surface area contributed by atoms with Crippen LogP contribution in [0.3, 0.4) is 0 Å². The molecule has 0 atom stereocenters. The summed E-state index contributed by atoms with van der Waals surface area (Å²) in [6.45, 7) is 0.226. The molecule has 1 aliphatic rings. The molecule has 2 rings (SSSR count). The second kappa shape index (κ2) is 5.93. The van der Waals surface area contributed by atoms with Gasteiger partial charge in [-0.25, -0.2) is 0 Å². The lowest BCUT2D eigenvalue weighted by Gasteiger charge is -2.33. The molecule has 1 aliphatic heterocycles. The summed E-state index contributed by atoms with van der Waals surface area (Å²) >= 11 is 9.10. The summed E-state index contributed by atoms with van der Waals surface area (Å²) < 4.78 is 38.3. The predicted octanol–water partition coefficient (Wildman–Crippen LogP) is 4.52. The number of benzene rings is 1. The highest BCUT2D eigenvalue weighted by molar-refractivity contribution is 9.10. The summed E-state index contributed by atoms with van der Waals surface area (Å²) in [7, 11) is 0. The van der Waals surface area contributed by atoms with Crippen LogP contribution in [0, 0.1) is 5.92 Å². The van der Waals surface area contributed by atoms with Crippen molar-refractivity contribution in [2.45, 2.75) is 19.0 Å². The normalized spacial score (nSPS) is 17.4. The fraction of sp³-hybridized carbons (Fsp3) is 0.462. The van der Waals surface area contributed by atoms with E-state index in [1.807, 2.05) is 0 Å². The molecule has 1 heterocycles. The van der Waals surface area contributed by atoms with Crippen molar-refractivity contribution in [2.24, 2.45) is 5.92 Å². The molecular formula is C13H12BrClF3NO. The minimum absolute atomic E-state index is 0.0482. The maximum Gasteiger partial charge on any atom is 0.391 e. The van der Waals surface area contributed by atoms with Crippen LogP contribution in [0.5, 0.6) is 0 Å². The fourth-order valence-electron chi connectivity index (χ4n) is 2.24. The third kappa shape index (κ3) is 3.47. The largest absolute Gasteiger partial charge is 0.391 e. The van der Waals surface area contributed by atoms with Gasteiger partial charge in [-0.2, -0.15) is 13.2 Å². The molecule has 0 bridgehead atoms. The van der Waals surface area contributed by atoms with Crippen molar-refractivity contribution in [2.75, 3.05) is 13.1 Å². The molecule has 20 heavy (non-hydrogen) atoms. The maximum atomic E-state index is 12.6. The van der Waals surface area contributed by atoms with E-state index in [1.54, 1.807) is 12.1 Å². The number of hydrogen-bond acceptors (Lipinski definition) is 1. The number of carbonyl (C=O) groups is 1. The molecule has 0 N–H and O–H groups in total. The van der Waals surface area contributed by atoms with E-state index >= 15 is 0 Å². The molecular weight excluding hydrogens is 359 g/mol. The highest BCUT2D eigenvalue weighted by atomic mass is 79.9. The molecule has 0 radical (unpaired) electrons. The molecule has 1 fully saturated rings. The summed E-state index contributed by atoms with van der Waals surface area (Å²) in [5.41, 5.74) is 0.378. The molecule has 0 aromatic heterocycles. The topological polar surface area (TPSA) is 20.3 Å². The number of piperidine rings is 1. The van der Waals surface area contributed by atoms with Crippen molar-refractivity contribution in [1.29, 1.82) is 0 Å². The van der Waals surface area contributed by atoms with Gasteiger partial charge in [-0.3, -0.25) is 4.79 Å². The summed E-state index contributed by atoms with van der Waals surface area (Å²) in [5, 5.41) is 0.418. The number of likely N-dealkylation sites (tertiary alicyclic amines) is 1. The Morgan fingerprint density at radius 1 is 1.30 bits per heavy atom. The average molecular weight is 371 g/mol. The zero-order chi connectivity index (χ0) is 14.9. The summed E-state index contributed by atoms with van der Waals surface area (Å²) in [6, 6.07) is 4.81. The Labute approximate surface area is 128 Å². The highest BCUT2D eigenvalue weighted by Crippen LogP contribution is 2.34. The third-order valence-electron chi connectivity index (χ3n) is 3.40. The van der Waals surface area contributed by atoms with Crippen LogP contribution < -0.4 is 0 Å². The smallest absolute Gasteiger partial charge is 0.339 e. The van der Waals surface area contributed by atoms with Gasteiger partial charge in [0.1, 0.15) is 0 Å². The van der Waals surface area contributed by atoms with Crippen LogP contribution in [0.25, 0.3) is 0 Å². The maximum absolute atomic E-state index is 12.6. The van der Waals surface area contributed by atoms with Crippen molar-refractivity contribution in [3.8, 4) is 0 Å². The number of alkyl halides is 3. The monoisotopic (exact) mass is 369 g/mol. The summed E-state index contributed by atoms with van der Waals surface area (Å²) in [5.74, 6) is -1.60. The van der Waals surface area contributed by atoms with Crippen LogP contribution in [0.15, 0.2) is 22.7 Å². The van der Waals surface area contributed by atoms with Gasteiger partial charge < -0.3 is 4.90 Å². The minimum atomic E-state index is -4.17. The molecule has 0 spiro atoms. The van der Waals surface area contributed by atoms with Gasteiger partial charge in [0.2, 0.25) is 0 Å². The first-order valence-corrected chi connectivity index (χ1v) is 7.27. The van der Waals surface area contributed by atoms with Gasteiger partial charge in [0, 0.05) is 22.6 Å². The van der Waals surface area contributed by atoms with Gasteiger partial charge >= 0.3 is 6.18 Å². The fourth-order valence-corrected chi connectivity index (χ4v) is 2.83. The van der Waals surface area contributed by atoms with E-state index in [2.05, 4.69) is 15.9 Å². The zero-order valence-corrected chi connectivity index (χ0v) is 12.7. The van der Waals surface area contributed by atoms with Gasteiger partial charge in [0.25, 0.3) is 5.91 Å². The van der Waals surface area contributed by atoms with E-state index < -0.39 is 12.1 Å². The van der Waals surface area contributed by atoms with Crippen molar-refractivity contribution < 1.29 is 18.0 Å². The first-order chi connectivity index (χ1) is 9.29. The lowest BCUT2D eigenvalue weighted by atomic mass is 9.96. The quantitative estimate of drug-likeness (QED) is 0.712. The van der Waals surface area contributed by atoms with Gasteiger partial charge in [-0.1, -0.05) is 11.6 Å². The van der Waals surface area contributed by atoms with Gasteiger partial charge in [0.05, 0.1) is 11.5 Å². The summed E-state index contributed by atoms with van der Waals surface area (Å²) in [4.78, 5) is 13.7. The third-order valence-corrected chi connectivity index (χ3v) is 4.33. The average Bonchev–Trinajstić information content (AvgIpc) is 2.40. The number of nitrogens with zero attached hydrogens (tertiary/aromatic N) is 1. The molecule has 0 aliphatic carbocycles. The van der Waals surface area contributed by atoms with Crippen molar-refractivity contribution in [3.63, 3.8) is 0 Å². The van der Waals surface area contributed by atoms with E-state index in [4.69, 9.17) is 11.6 Å². The molecule has 1 aromatic carbocycles. The second-order valence-electron chi connectivity index (χ2n) is 4.73. The second-order valence-corrected chi connectivity index (χ2v) is 6.02. The Morgan fingerprint density at radius 3 is 2.45 bits per heavy atom. The van der Waals surface area contributed by atoms with Crippen LogP contribution in [0.4, 0.5) is 13.2 Å². The molecule has 1 saturated heterocycles. The van der Waals surface area contributed by atoms with Crippen LogP contribution in [-0.2, 0) is 0 Å². The minimum Gasteiger partial charge on any atom is -0.339 e. The van der Waals surface area contributed by atoms with E-state index in [1.165, 1.54) is 11.0 Å². The predicted molar refractivity (Wildman–Crippen MR) is 73.8 cm³/mol. The molecule has 110 valence electrons. The van der Waals surface area contributed by atoms with E-state index in [-0.39, 0.29) is 31.8 Å². The Balaban J connectivity index is 2.07. The number of hydrogen-bond donors (Lipinski definition) is 0. The Kier molecular flexibility index (Phi) is 4.64. The van der Waals surface area contributed by atoms with Gasteiger partial charge in [-0.15, -0.1) is 0 Å². The Morgan fingerprint density at radius 2 is 1.90 bits per heavy atom. The standard InChI is InChI=1S/C13H12BrClF3NO/c14-11-2-1-9(15)7-10(11)12(20)19-5-3-8(4-6-19)13(16,17)18/h1-2,7-8H,3-6H2. The van der Waals surface area contributed by atoms with Crippen molar-refractivity contribution in [3.05, 3.63) is 33.3 Å². The lowest BCUT2D eigenvalue weighted by Crippen LogP contribution is -2.42. The molecule has 1 aromatic rings. The molecule has 1 amide bonds. The number of rotatable bonds is 1. The molecule has 0 unspecified atom stereocenters. The molecule has 2 nitrogen and oxygen atoms in total. The van der Waals surface area contributed by atoms with E-state index in [9.17, 15) is 18.0 Å². The molecule has 7 heteroatoms. The number of halogens is 5. The Bertz CT molecular complexity index is 513. The number of carbonyl (C=O) groups excluding carboxylic acids is 1. The summed E-state index contributed by atoms with van der Waals surface area (Å²) in [6.07, 6.45) is -4.27. The van der Waals surface area contributed by atoms with Crippen molar-refractivity contribution in [1.82, 2.24) is 4.90 Å². The van der Waals surface area contributed by atoms with E-state index in [0.29, 0.717) is 15.1 Å². The Hall–Kier alpha value is -0.750. The lowest BCUT2D eigenvalue weighted by molar-refractivity contribution is -0.183. The first kappa shape index (κ1) is 15.6. The van der Waals surface area contributed by atoms with Gasteiger partial charge in [-0.05, 0) is 47.0 Å².